The lowest BCUT2D eigenvalue weighted by molar-refractivity contribution is 0.0364. The van der Waals surface area contributed by atoms with Crippen molar-refractivity contribution in [3.63, 3.8) is 0 Å². The van der Waals surface area contributed by atoms with Gasteiger partial charge in [0.25, 0.3) is 0 Å². The molecule has 0 amide bonds. The van der Waals surface area contributed by atoms with Gasteiger partial charge >= 0.3 is 0 Å². The van der Waals surface area contributed by atoms with Gasteiger partial charge in [0.05, 0.1) is 0 Å². The number of ether oxygens (including phenoxy) is 1. The first-order valence-corrected chi connectivity index (χ1v) is 8.55. The molecule has 1 saturated carbocycles. The molecule has 2 heteroatoms. The first kappa shape index (κ1) is 16.4. The molecular weight excluding hydrogens is 258 g/mol. The Labute approximate surface area is 130 Å². The van der Waals surface area contributed by atoms with Crippen molar-refractivity contribution in [1.29, 1.82) is 0 Å². The van der Waals surface area contributed by atoms with Crippen molar-refractivity contribution in [2.45, 2.75) is 71.9 Å². The molecule has 0 aromatic heterocycles. The Morgan fingerprint density at radius 2 is 1.90 bits per heavy atom. The van der Waals surface area contributed by atoms with Gasteiger partial charge in [0, 0.05) is 6.04 Å². The van der Waals surface area contributed by atoms with Gasteiger partial charge in [-0.25, -0.2) is 0 Å². The molecule has 1 aliphatic rings. The van der Waals surface area contributed by atoms with Crippen LogP contribution in [-0.4, -0.2) is 18.7 Å². The van der Waals surface area contributed by atoms with E-state index in [1.54, 1.807) is 0 Å². The summed E-state index contributed by atoms with van der Waals surface area (Å²) in [5.41, 5.74) is 1.67. The number of benzene rings is 1. The molecule has 21 heavy (non-hydrogen) atoms. The summed E-state index contributed by atoms with van der Waals surface area (Å²) < 4.78 is 6.34. The van der Waals surface area contributed by atoms with Crippen LogP contribution in [0.15, 0.2) is 24.3 Å². The second-order valence-corrected chi connectivity index (χ2v) is 6.97. The molecular formula is C19H31NO. The van der Waals surface area contributed by atoms with E-state index >= 15 is 0 Å². The molecule has 0 heterocycles. The Kier molecular flexibility index (Phi) is 5.69. The third-order valence-corrected chi connectivity index (χ3v) is 4.76. The molecule has 1 aromatic carbocycles. The predicted octanol–water partition coefficient (Wildman–Crippen LogP) is 4.57. The summed E-state index contributed by atoms with van der Waals surface area (Å²) in [5, 5.41) is 3.73. The van der Waals surface area contributed by atoms with E-state index in [1.807, 2.05) is 0 Å². The quantitative estimate of drug-likeness (QED) is 0.828. The maximum atomic E-state index is 6.34. The Balaban J connectivity index is 2.07. The zero-order valence-corrected chi connectivity index (χ0v) is 14.1. The van der Waals surface area contributed by atoms with Crippen LogP contribution < -0.4 is 10.1 Å². The van der Waals surface area contributed by atoms with E-state index in [0.29, 0.717) is 11.5 Å². The molecule has 2 rings (SSSR count). The molecule has 1 aromatic rings. The second kappa shape index (κ2) is 7.31. The van der Waals surface area contributed by atoms with Gasteiger partial charge in [-0.1, -0.05) is 39.8 Å². The van der Waals surface area contributed by atoms with Crippen molar-refractivity contribution in [3.8, 4) is 5.75 Å². The number of hydrogen-bond donors (Lipinski definition) is 1. The predicted molar refractivity (Wildman–Crippen MR) is 89.9 cm³/mol. The highest BCUT2D eigenvalue weighted by atomic mass is 16.5. The summed E-state index contributed by atoms with van der Waals surface area (Å²) in [6.45, 7) is 10.2. The van der Waals surface area contributed by atoms with Crippen LogP contribution in [0.25, 0.3) is 0 Å². The molecule has 0 radical (unpaired) electrons. The summed E-state index contributed by atoms with van der Waals surface area (Å²) in [6.07, 6.45) is 6.23. The SMILES string of the molecule is CCCNC1C(Oc2ccc(CC)cc2)CCCC1(C)C. The molecule has 1 N–H and O–H groups in total. The van der Waals surface area contributed by atoms with Crippen molar-refractivity contribution in [3.05, 3.63) is 29.8 Å². The molecule has 0 aliphatic heterocycles. The Hall–Kier alpha value is -1.02. The highest BCUT2D eigenvalue weighted by Crippen LogP contribution is 2.37. The monoisotopic (exact) mass is 289 g/mol. The van der Waals surface area contributed by atoms with Crippen molar-refractivity contribution < 1.29 is 4.74 Å². The topological polar surface area (TPSA) is 21.3 Å². The summed E-state index contributed by atoms with van der Waals surface area (Å²) >= 11 is 0. The van der Waals surface area contributed by atoms with Gasteiger partial charge in [0.1, 0.15) is 11.9 Å². The van der Waals surface area contributed by atoms with E-state index in [1.165, 1.54) is 24.8 Å². The zero-order chi connectivity index (χ0) is 15.3. The smallest absolute Gasteiger partial charge is 0.119 e. The van der Waals surface area contributed by atoms with Gasteiger partial charge in [-0.15, -0.1) is 0 Å². The third kappa shape index (κ3) is 4.23. The normalized spacial score (nSPS) is 24.8. The van der Waals surface area contributed by atoms with Gasteiger partial charge in [-0.3, -0.25) is 0 Å². The molecule has 1 aliphatic carbocycles. The first-order valence-electron chi connectivity index (χ1n) is 8.55. The van der Waals surface area contributed by atoms with E-state index in [-0.39, 0.29) is 6.10 Å². The van der Waals surface area contributed by atoms with Crippen LogP contribution in [0.2, 0.25) is 0 Å². The molecule has 2 unspecified atom stereocenters. The average molecular weight is 289 g/mol. The van der Waals surface area contributed by atoms with Gasteiger partial charge in [0.15, 0.2) is 0 Å². The number of aryl methyl sites for hydroxylation is 1. The summed E-state index contributed by atoms with van der Waals surface area (Å²) in [7, 11) is 0. The molecule has 1 fully saturated rings. The largest absolute Gasteiger partial charge is 0.489 e. The van der Waals surface area contributed by atoms with Crippen LogP contribution in [0.3, 0.4) is 0 Å². The average Bonchev–Trinajstić information content (AvgIpc) is 2.47. The third-order valence-electron chi connectivity index (χ3n) is 4.76. The van der Waals surface area contributed by atoms with Gasteiger partial charge in [0.2, 0.25) is 0 Å². The van der Waals surface area contributed by atoms with Crippen LogP contribution in [0.4, 0.5) is 0 Å². The highest BCUT2D eigenvalue weighted by Gasteiger charge is 2.39. The lowest BCUT2D eigenvalue weighted by Gasteiger charge is -2.44. The van der Waals surface area contributed by atoms with Crippen molar-refractivity contribution in [2.24, 2.45) is 5.41 Å². The fourth-order valence-electron chi connectivity index (χ4n) is 3.40. The highest BCUT2D eigenvalue weighted by molar-refractivity contribution is 5.27. The first-order chi connectivity index (χ1) is 10.1. The van der Waals surface area contributed by atoms with E-state index < -0.39 is 0 Å². The number of nitrogens with one attached hydrogen (secondary N) is 1. The maximum absolute atomic E-state index is 6.34. The summed E-state index contributed by atoms with van der Waals surface area (Å²) in [5.74, 6) is 1.01. The van der Waals surface area contributed by atoms with Crippen molar-refractivity contribution >= 4 is 0 Å². The number of rotatable bonds is 6. The zero-order valence-electron chi connectivity index (χ0n) is 14.1. The van der Waals surface area contributed by atoms with Crippen molar-refractivity contribution in [2.75, 3.05) is 6.54 Å². The molecule has 118 valence electrons. The minimum atomic E-state index is 0.285. The Morgan fingerprint density at radius 3 is 2.52 bits per heavy atom. The minimum Gasteiger partial charge on any atom is -0.489 e. The maximum Gasteiger partial charge on any atom is 0.119 e. The lowest BCUT2D eigenvalue weighted by Crippen LogP contribution is -2.54. The summed E-state index contributed by atoms with van der Waals surface area (Å²) in [6, 6.07) is 9.04. The van der Waals surface area contributed by atoms with Gasteiger partial charge < -0.3 is 10.1 Å². The number of hydrogen-bond acceptors (Lipinski definition) is 2. The molecule has 2 nitrogen and oxygen atoms in total. The van der Waals surface area contributed by atoms with E-state index in [9.17, 15) is 0 Å². The van der Waals surface area contributed by atoms with Crippen LogP contribution in [-0.2, 0) is 6.42 Å². The van der Waals surface area contributed by atoms with E-state index in [0.717, 1.165) is 25.1 Å². The van der Waals surface area contributed by atoms with Crippen LogP contribution >= 0.6 is 0 Å². The van der Waals surface area contributed by atoms with Gasteiger partial charge in [-0.2, -0.15) is 0 Å². The molecule has 2 atom stereocenters. The van der Waals surface area contributed by atoms with Gasteiger partial charge in [-0.05, 0) is 61.8 Å². The van der Waals surface area contributed by atoms with E-state index in [4.69, 9.17) is 4.74 Å². The lowest BCUT2D eigenvalue weighted by atomic mass is 9.71. The fourth-order valence-corrected chi connectivity index (χ4v) is 3.40. The minimum absolute atomic E-state index is 0.285. The Bertz CT molecular complexity index is 424. The van der Waals surface area contributed by atoms with Crippen LogP contribution in [0.1, 0.15) is 58.9 Å². The molecule has 0 bridgehead atoms. The fraction of sp³-hybridized carbons (Fsp3) is 0.684. The second-order valence-electron chi connectivity index (χ2n) is 6.97. The Morgan fingerprint density at radius 1 is 1.19 bits per heavy atom. The standard InChI is InChI=1S/C19H31NO/c1-5-14-20-18-17(8-7-13-19(18,3)4)21-16-11-9-15(6-2)10-12-16/h9-12,17-18,20H,5-8,13-14H2,1-4H3. The van der Waals surface area contributed by atoms with E-state index in [2.05, 4.69) is 57.3 Å². The summed E-state index contributed by atoms with van der Waals surface area (Å²) in [4.78, 5) is 0. The molecule has 0 saturated heterocycles. The van der Waals surface area contributed by atoms with Crippen molar-refractivity contribution in [1.82, 2.24) is 5.32 Å². The van der Waals surface area contributed by atoms with Crippen LogP contribution in [0.5, 0.6) is 5.75 Å². The molecule has 0 spiro atoms. The van der Waals surface area contributed by atoms with Crippen LogP contribution in [0, 0.1) is 5.41 Å².